The summed E-state index contributed by atoms with van der Waals surface area (Å²) in [4.78, 5) is 17.5. The zero-order valence-corrected chi connectivity index (χ0v) is 19.3. The molecule has 4 rings (SSSR count). The lowest BCUT2D eigenvalue weighted by Crippen LogP contribution is -2.62. The number of halogens is 4. The minimum atomic E-state index is -4.37. The molecule has 0 atom stereocenters. The van der Waals surface area contributed by atoms with Crippen LogP contribution in [0.25, 0.3) is 6.08 Å². The van der Waals surface area contributed by atoms with Crippen molar-refractivity contribution in [1.29, 1.82) is 0 Å². The zero-order valence-electron chi connectivity index (χ0n) is 17.7. The largest absolute Gasteiger partial charge is 0.416 e. The first kappa shape index (κ1) is 23.1. The molecule has 1 heterocycles. The van der Waals surface area contributed by atoms with Crippen molar-refractivity contribution in [2.45, 2.75) is 50.5 Å². The van der Waals surface area contributed by atoms with Gasteiger partial charge in [0.25, 0.3) is 0 Å². The van der Waals surface area contributed by atoms with E-state index < -0.39 is 11.7 Å². The second-order valence-electron chi connectivity index (χ2n) is 8.59. The van der Waals surface area contributed by atoms with Crippen LogP contribution in [-0.4, -0.2) is 40.9 Å². The summed E-state index contributed by atoms with van der Waals surface area (Å²) in [7, 11) is 0. The Labute approximate surface area is 195 Å². The molecule has 32 heavy (non-hydrogen) atoms. The van der Waals surface area contributed by atoms with Crippen molar-refractivity contribution < 1.29 is 18.0 Å². The van der Waals surface area contributed by atoms with Crippen molar-refractivity contribution in [3.05, 3.63) is 75.8 Å². The third-order valence-corrected chi connectivity index (χ3v) is 6.91. The quantitative estimate of drug-likeness (QED) is 0.439. The number of rotatable bonds is 6. The van der Waals surface area contributed by atoms with Gasteiger partial charge in [0.05, 0.1) is 11.6 Å². The van der Waals surface area contributed by atoms with Crippen molar-refractivity contribution in [3.8, 4) is 0 Å². The molecule has 2 aromatic carbocycles. The van der Waals surface area contributed by atoms with E-state index in [1.165, 1.54) is 43.9 Å². The molecule has 1 aliphatic heterocycles. The fourth-order valence-electron chi connectivity index (χ4n) is 4.47. The maximum atomic E-state index is 13.1. The lowest BCUT2D eigenvalue weighted by atomic mass is 10.0. The zero-order chi connectivity index (χ0) is 22.7. The predicted octanol–water partition coefficient (Wildman–Crippen LogP) is 6.14. The van der Waals surface area contributed by atoms with Crippen molar-refractivity contribution in [2.75, 3.05) is 13.1 Å². The standard InChI is InChI=1S/C25H26BrF3N2O/c26-21-12-7-19(8-13-21)15-31(23-16-30(17-23)22-3-1-2-4-22)24(32)14-9-18-5-10-20(11-6-18)25(27,28)29/h5-14,22-23H,1-4,15-17H2/b14-9+. The second kappa shape index (κ2) is 9.79. The molecule has 2 aromatic rings. The number of alkyl halides is 3. The van der Waals surface area contributed by atoms with Gasteiger partial charge in [-0.3, -0.25) is 9.69 Å². The minimum absolute atomic E-state index is 0.121. The smallest absolute Gasteiger partial charge is 0.329 e. The molecule has 0 spiro atoms. The fourth-order valence-corrected chi connectivity index (χ4v) is 4.74. The maximum Gasteiger partial charge on any atom is 0.416 e. The lowest BCUT2D eigenvalue weighted by Gasteiger charge is -2.48. The summed E-state index contributed by atoms with van der Waals surface area (Å²) in [6.07, 6.45) is 3.73. The van der Waals surface area contributed by atoms with Gasteiger partial charge < -0.3 is 4.90 Å². The molecule has 0 aromatic heterocycles. The van der Waals surface area contributed by atoms with Crippen LogP contribution in [0, 0.1) is 0 Å². The van der Waals surface area contributed by atoms with Crippen molar-refractivity contribution >= 4 is 27.9 Å². The van der Waals surface area contributed by atoms with Gasteiger partial charge in [-0.1, -0.05) is 53.0 Å². The van der Waals surface area contributed by atoms with Crippen LogP contribution >= 0.6 is 15.9 Å². The molecular weight excluding hydrogens is 481 g/mol. The van der Waals surface area contributed by atoms with Gasteiger partial charge in [-0.15, -0.1) is 0 Å². The number of benzene rings is 2. The number of hydrogen-bond donors (Lipinski definition) is 0. The number of nitrogens with zero attached hydrogens (tertiary/aromatic N) is 2. The molecule has 0 unspecified atom stereocenters. The molecule has 1 saturated heterocycles. The van der Waals surface area contributed by atoms with Gasteiger partial charge in [0.15, 0.2) is 0 Å². The molecule has 0 bridgehead atoms. The molecule has 1 saturated carbocycles. The Kier molecular flexibility index (Phi) is 7.05. The summed E-state index contributed by atoms with van der Waals surface area (Å²) in [5.41, 5.74) is 0.916. The number of carbonyl (C=O) groups excluding carboxylic acids is 1. The van der Waals surface area contributed by atoms with Crippen molar-refractivity contribution in [3.63, 3.8) is 0 Å². The first-order valence-electron chi connectivity index (χ1n) is 10.9. The van der Waals surface area contributed by atoms with Gasteiger partial charge in [0, 0.05) is 36.2 Å². The average Bonchev–Trinajstić information content (AvgIpc) is 3.25. The molecule has 2 aliphatic rings. The van der Waals surface area contributed by atoms with Crippen LogP contribution in [0.3, 0.4) is 0 Å². The van der Waals surface area contributed by atoms with E-state index in [-0.39, 0.29) is 11.9 Å². The molecular formula is C25H26BrF3N2O. The minimum Gasteiger partial charge on any atom is -0.329 e. The summed E-state index contributed by atoms with van der Waals surface area (Å²) in [5, 5.41) is 0. The summed E-state index contributed by atoms with van der Waals surface area (Å²) < 4.78 is 39.3. The molecule has 170 valence electrons. The molecule has 7 heteroatoms. The lowest BCUT2D eigenvalue weighted by molar-refractivity contribution is -0.137. The molecule has 0 N–H and O–H groups in total. The fraction of sp³-hybridized carbons (Fsp3) is 0.400. The number of carbonyl (C=O) groups is 1. The van der Waals surface area contributed by atoms with Gasteiger partial charge in [-0.25, -0.2) is 0 Å². The van der Waals surface area contributed by atoms with E-state index in [1.807, 2.05) is 29.2 Å². The molecule has 2 fully saturated rings. The Morgan fingerprint density at radius 2 is 1.66 bits per heavy atom. The number of likely N-dealkylation sites (tertiary alicyclic amines) is 1. The van der Waals surface area contributed by atoms with E-state index in [9.17, 15) is 18.0 Å². The Morgan fingerprint density at radius 3 is 2.25 bits per heavy atom. The van der Waals surface area contributed by atoms with E-state index in [1.54, 1.807) is 6.08 Å². The van der Waals surface area contributed by atoms with E-state index >= 15 is 0 Å². The average molecular weight is 507 g/mol. The Morgan fingerprint density at radius 1 is 1.03 bits per heavy atom. The van der Waals surface area contributed by atoms with Crippen LogP contribution in [0.15, 0.2) is 59.1 Å². The van der Waals surface area contributed by atoms with E-state index in [2.05, 4.69) is 20.8 Å². The highest BCUT2D eigenvalue weighted by Crippen LogP contribution is 2.30. The van der Waals surface area contributed by atoms with E-state index in [0.717, 1.165) is 35.3 Å². The SMILES string of the molecule is O=C(/C=C/c1ccc(C(F)(F)F)cc1)N(Cc1ccc(Br)cc1)C1CN(C2CCCC2)C1. The van der Waals surface area contributed by atoms with Crippen LogP contribution in [0.4, 0.5) is 13.2 Å². The normalized spacial score (nSPS) is 18.2. The van der Waals surface area contributed by atoms with E-state index in [0.29, 0.717) is 18.2 Å². The maximum absolute atomic E-state index is 13.1. The van der Waals surface area contributed by atoms with Gasteiger partial charge in [-0.05, 0) is 54.3 Å². The summed E-state index contributed by atoms with van der Waals surface area (Å²) >= 11 is 3.44. The van der Waals surface area contributed by atoms with Crippen molar-refractivity contribution in [2.24, 2.45) is 0 Å². The number of hydrogen-bond acceptors (Lipinski definition) is 2. The third-order valence-electron chi connectivity index (χ3n) is 6.38. The Hall–Kier alpha value is -2.12. The molecule has 0 radical (unpaired) electrons. The molecule has 1 aliphatic carbocycles. The summed E-state index contributed by atoms with van der Waals surface area (Å²) in [6.45, 7) is 2.26. The first-order chi connectivity index (χ1) is 15.3. The van der Waals surface area contributed by atoms with E-state index in [4.69, 9.17) is 0 Å². The third kappa shape index (κ3) is 5.62. The highest BCUT2D eigenvalue weighted by atomic mass is 79.9. The van der Waals surface area contributed by atoms with Crippen LogP contribution in [0.2, 0.25) is 0 Å². The monoisotopic (exact) mass is 506 g/mol. The second-order valence-corrected chi connectivity index (χ2v) is 9.51. The summed E-state index contributed by atoms with van der Waals surface area (Å²) in [6, 6.07) is 13.5. The number of amides is 1. The molecule has 1 amide bonds. The summed E-state index contributed by atoms with van der Waals surface area (Å²) in [5.74, 6) is -0.121. The van der Waals surface area contributed by atoms with Crippen LogP contribution < -0.4 is 0 Å². The van der Waals surface area contributed by atoms with Crippen molar-refractivity contribution in [1.82, 2.24) is 9.80 Å². The van der Waals surface area contributed by atoms with Gasteiger partial charge in [0.1, 0.15) is 0 Å². The molecule has 3 nitrogen and oxygen atoms in total. The van der Waals surface area contributed by atoms with Gasteiger partial charge >= 0.3 is 6.18 Å². The topological polar surface area (TPSA) is 23.6 Å². The van der Waals surface area contributed by atoms with Gasteiger partial charge in [0.2, 0.25) is 5.91 Å². The highest BCUT2D eigenvalue weighted by Gasteiger charge is 2.38. The van der Waals surface area contributed by atoms with Crippen LogP contribution in [-0.2, 0) is 17.5 Å². The van der Waals surface area contributed by atoms with Gasteiger partial charge in [-0.2, -0.15) is 13.2 Å². The Balaban J connectivity index is 1.45. The van der Waals surface area contributed by atoms with Crippen LogP contribution in [0.1, 0.15) is 42.4 Å². The highest BCUT2D eigenvalue weighted by molar-refractivity contribution is 9.10. The first-order valence-corrected chi connectivity index (χ1v) is 11.7. The Bertz CT molecular complexity index is 945. The predicted molar refractivity (Wildman–Crippen MR) is 123 cm³/mol. The van der Waals surface area contributed by atoms with Crippen LogP contribution in [0.5, 0.6) is 0 Å².